The molecule has 0 spiro atoms. The summed E-state index contributed by atoms with van der Waals surface area (Å²) in [6.45, 7) is 7.49. The molecule has 2 unspecified atom stereocenters. The van der Waals surface area contributed by atoms with Gasteiger partial charge in [-0.2, -0.15) is 0 Å². The first-order chi connectivity index (χ1) is 6.53. The van der Waals surface area contributed by atoms with Crippen LogP contribution in [0.3, 0.4) is 0 Å². The fraction of sp³-hybridized carbons (Fsp3) is 0.917. The highest BCUT2D eigenvalue weighted by molar-refractivity contribution is 5.49. The van der Waals surface area contributed by atoms with E-state index < -0.39 is 0 Å². The Morgan fingerprint density at radius 2 is 2.14 bits per heavy atom. The third kappa shape index (κ3) is 3.79. The summed E-state index contributed by atoms with van der Waals surface area (Å²) >= 11 is 0. The minimum absolute atomic E-state index is 0.369. The second kappa shape index (κ2) is 4.92. The van der Waals surface area contributed by atoms with Gasteiger partial charge in [-0.05, 0) is 30.6 Å². The van der Waals surface area contributed by atoms with Crippen LogP contribution in [-0.2, 0) is 9.53 Å². The molecule has 0 aromatic rings. The molecule has 0 aromatic carbocycles. The average molecular weight is 198 g/mol. The number of carbonyl (C=O) groups excluding carboxylic acids is 1. The molecule has 0 amide bonds. The van der Waals surface area contributed by atoms with Crippen molar-refractivity contribution in [3.63, 3.8) is 0 Å². The van der Waals surface area contributed by atoms with E-state index in [9.17, 15) is 4.79 Å². The molecule has 0 radical (unpaired) electrons. The van der Waals surface area contributed by atoms with Gasteiger partial charge in [0.05, 0.1) is 12.7 Å². The summed E-state index contributed by atoms with van der Waals surface area (Å²) in [5.74, 6) is 0.750. The molecule has 0 saturated heterocycles. The van der Waals surface area contributed by atoms with E-state index in [1.54, 1.807) is 0 Å². The molecule has 1 aliphatic carbocycles. The van der Waals surface area contributed by atoms with Crippen molar-refractivity contribution in [3.05, 3.63) is 0 Å². The van der Waals surface area contributed by atoms with Crippen LogP contribution in [-0.4, -0.2) is 19.0 Å². The molecule has 1 aliphatic rings. The molecule has 1 fully saturated rings. The highest BCUT2D eigenvalue weighted by Gasteiger charge is 2.32. The Morgan fingerprint density at radius 1 is 1.43 bits per heavy atom. The van der Waals surface area contributed by atoms with Crippen LogP contribution in [0, 0.1) is 11.3 Å². The summed E-state index contributed by atoms with van der Waals surface area (Å²) in [6.07, 6.45) is 5.41. The van der Waals surface area contributed by atoms with Crippen LogP contribution >= 0.6 is 0 Å². The van der Waals surface area contributed by atoms with Gasteiger partial charge in [-0.15, -0.1) is 0 Å². The van der Waals surface area contributed by atoms with Crippen molar-refractivity contribution in [3.8, 4) is 0 Å². The quantitative estimate of drug-likeness (QED) is 0.513. The van der Waals surface area contributed by atoms with Crippen molar-refractivity contribution in [1.29, 1.82) is 0 Å². The molecule has 0 aliphatic heterocycles. The second-order valence-electron chi connectivity index (χ2n) is 5.36. The summed E-state index contributed by atoms with van der Waals surface area (Å²) in [7, 11) is 0. The lowest BCUT2D eigenvalue weighted by atomic mass is 9.71. The lowest BCUT2D eigenvalue weighted by Gasteiger charge is -2.38. The van der Waals surface area contributed by atoms with Crippen LogP contribution in [0.4, 0.5) is 0 Å². The van der Waals surface area contributed by atoms with E-state index in [1.165, 1.54) is 6.42 Å². The Morgan fingerprint density at radius 3 is 2.71 bits per heavy atom. The van der Waals surface area contributed by atoms with Crippen molar-refractivity contribution in [1.82, 2.24) is 0 Å². The van der Waals surface area contributed by atoms with Crippen molar-refractivity contribution in [2.75, 3.05) is 6.61 Å². The fourth-order valence-electron chi connectivity index (χ4n) is 2.67. The lowest BCUT2D eigenvalue weighted by Crippen LogP contribution is -2.32. The Bertz CT molecular complexity index is 187. The SMILES string of the molecule is CC1CC(OCCC=O)CC(C)(C)C1. The standard InChI is InChI=1S/C12H22O2/c1-10-7-11(14-6-4-5-13)9-12(2,3)8-10/h5,10-11H,4,6-9H2,1-3H3. The van der Waals surface area contributed by atoms with Crippen LogP contribution in [0.2, 0.25) is 0 Å². The predicted molar refractivity (Wildman–Crippen MR) is 57.2 cm³/mol. The van der Waals surface area contributed by atoms with E-state index >= 15 is 0 Å². The summed E-state index contributed by atoms with van der Waals surface area (Å²) in [5.41, 5.74) is 0.406. The van der Waals surface area contributed by atoms with Crippen LogP contribution in [0.5, 0.6) is 0 Å². The highest BCUT2D eigenvalue weighted by atomic mass is 16.5. The molecule has 0 heterocycles. The second-order valence-corrected chi connectivity index (χ2v) is 5.36. The van der Waals surface area contributed by atoms with Gasteiger partial charge < -0.3 is 9.53 Å². The Balaban J connectivity index is 2.34. The van der Waals surface area contributed by atoms with Crippen LogP contribution < -0.4 is 0 Å². The lowest BCUT2D eigenvalue weighted by molar-refractivity contribution is -0.109. The largest absolute Gasteiger partial charge is 0.378 e. The third-order valence-electron chi connectivity index (χ3n) is 2.94. The molecule has 14 heavy (non-hydrogen) atoms. The molecule has 1 rings (SSSR count). The van der Waals surface area contributed by atoms with E-state index in [1.807, 2.05) is 0 Å². The minimum Gasteiger partial charge on any atom is -0.378 e. The highest BCUT2D eigenvalue weighted by Crippen LogP contribution is 2.39. The van der Waals surface area contributed by atoms with Crippen molar-refractivity contribution in [2.45, 2.75) is 52.6 Å². The number of aldehydes is 1. The monoisotopic (exact) mass is 198 g/mol. The summed E-state index contributed by atoms with van der Waals surface area (Å²) in [5, 5.41) is 0. The minimum atomic E-state index is 0.369. The number of hydrogen-bond donors (Lipinski definition) is 0. The van der Waals surface area contributed by atoms with Crippen LogP contribution in [0.15, 0.2) is 0 Å². The van der Waals surface area contributed by atoms with E-state index in [0.29, 0.717) is 24.5 Å². The summed E-state index contributed by atoms with van der Waals surface area (Å²) in [6, 6.07) is 0. The molecule has 2 heteroatoms. The van der Waals surface area contributed by atoms with Gasteiger partial charge in [0, 0.05) is 6.42 Å². The first kappa shape index (κ1) is 11.7. The zero-order valence-corrected chi connectivity index (χ0v) is 9.58. The molecule has 1 saturated carbocycles. The van der Waals surface area contributed by atoms with E-state index in [0.717, 1.165) is 25.0 Å². The number of rotatable bonds is 4. The van der Waals surface area contributed by atoms with Gasteiger partial charge in [-0.25, -0.2) is 0 Å². The average Bonchev–Trinajstić information content (AvgIpc) is 2.00. The molecular formula is C12H22O2. The molecular weight excluding hydrogens is 176 g/mol. The van der Waals surface area contributed by atoms with E-state index in [4.69, 9.17) is 4.74 Å². The van der Waals surface area contributed by atoms with Crippen molar-refractivity contribution in [2.24, 2.45) is 11.3 Å². The first-order valence-electron chi connectivity index (χ1n) is 5.59. The zero-order valence-electron chi connectivity index (χ0n) is 9.58. The Hall–Kier alpha value is -0.370. The van der Waals surface area contributed by atoms with E-state index in [2.05, 4.69) is 20.8 Å². The fourth-order valence-corrected chi connectivity index (χ4v) is 2.67. The van der Waals surface area contributed by atoms with Crippen LogP contribution in [0.25, 0.3) is 0 Å². The molecule has 0 aromatic heterocycles. The Labute approximate surface area is 87.0 Å². The molecule has 2 atom stereocenters. The third-order valence-corrected chi connectivity index (χ3v) is 2.94. The smallest absolute Gasteiger partial charge is 0.122 e. The predicted octanol–water partition coefficient (Wildman–Crippen LogP) is 2.81. The number of ether oxygens (including phenoxy) is 1. The van der Waals surface area contributed by atoms with Gasteiger partial charge in [-0.1, -0.05) is 20.8 Å². The van der Waals surface area contributed by atoms with Gasteiger partial charge >= 0.3 is 0 Å². The van der Waals surface area contributed by atoms with Gasteiger partial charge in [0.2, 0.25) is 0 Å². The summed E-state index contributed by atoms with van der Waals surface area (Å²) in [4.78, 5) is 10.2. The first-order valence-corrected chi connectivity index (χ1v) is 5.59. The van der Waals surface area contributed by atoms with Crippen molar-refractivity contribution >= 4 is 6.29 Å². The van der Waals surface area contributed by atoms with Gasteiger partial charge in [0.15, 0.2) is 0 Å². The zero-order chi connectivity index (χ0) is 10.6. The molecule has 0 bridgehead atoms. The van der Waals surface area contributed by atoms with Gasteiger partial charge in [0.25, 0.3) is 0 Å². The summed E-state index contributed by atoms with van der Waals surface area (Å²) < 4.78 is 5.70. The number of hydrogen-bond acceptors (Lipinski definition) is 2. The maximum Gasteiger partial charge on any atom is 0.122 e. The van der Waals surface area contributed by atoms with Gasteiger partial charge in [0.1, 0.15) is 6.29 Å². The molecule has 82 valence electrons. The van der Waals surface area contributed by atoms with E-state index in [-0.39, 0.29) is 0 Å². The maximum absolute atomic E-state index is 10.2. The molecule has 2 nitrogen and oxygen atoms in total. The molecule has 0 N–H and O–H groups in total. The topological polar surface area (TPSA) is 26.3 Å². The van der Waals surface area contributed by atoms with Gasteiger partial charge in [-0.3, -0.25) is 0 Å². The normalized spacial score (nSPS) is 31.4. The maximum atomic E-state index is 10.2. The van der Waals surface area contributed by atoms with Crippen LogP contribution in [0.1, 0.15) is 46.5 Å². The number of carbonyl (C=O) groups is 1. The Kier molecular flexibility index (Phi) is 4.11. The van der Waals surface area contributed by atoms with Crippen molar-refractivity contribution < 1.29 is 9.53 Å².